The minimum Gasteiger partial charge on any atom is -0.466 e. The van der Waals surface area contributed by atoms with Crippen molar-refractivity contribution in [1.29, 1.82) is 0 Å². The second-order valence-electron chi connectivity index (χ2n) is 15.7. The summed E-state index contributed by atoms with van der Waals surface area (Å²) in [6, 6.07) is -0.633. The van der Waals surface area contributed by atoms with Gasteiger partial charge in [-0.2, -0.15) is 0 Å². The van der Waals surface area contributed by atoms with E-state index in [1.807, 2.05) is 6.08 Å². The molecule has 0 aromatic carbocycles. The minimum absolute atomic E-state index is 0.0138. The lowest BCUT2D eigenvalue weighted by Gasteiger charge is -2.20. The van der Waals surface area contributed by atoms with Gasteiger partial charge in [0.1, 0.15) is 0 Å². The Labute approximate surface area is 329 Å². The van der Waals surface area contributed by atoms with Gasteiger partial charge in [-0.15, -0.1) is 0 Å². The Hall–Kier alpha value is -1.66. The quantitative estimate of drug-likeness (QED) is 0.0328. The van der Waals surface area contributed by atoms with Gasteiger partial charge < -0.3 is 20.3 Å². The number of hydrogen-bond donors (Lipinski definition) is 3. The molecule has 0 saturated carbocycles. The second kappa shape index (κ2) is 43.1. The van der Waals surface area contributed by atoms with Gasteiger partial charge in [-0.25, -0.2) is 0 Å². The van der Waals surface area contributed by atoms with Gasteiger partial charge >= 0.3 is 5.97 Å². The number of ether oxygens (including phenoxy) is 1. The fourth-order valence-corrected chi connectivity index (χ4v) is 6.86. The standard InChI is InChI=1S/C47H89NO5/c1-3-5-7-9-11-13-14-17-21-25-29-33-37-41-47(52)53-42-38-34-30-26-22-19-16-15-18-20-24-28-32-36-40-46(51)48-44(43-49)45(50)39-35-31-27-23-12-10-8-6-4-2/h13-14,35,39,44-45,49-50H,3-12,15-34,36-38,40-43H2,1-2H3,(H,48,51)/b14-13-,39-35+. The zero-order valence-corrected chi connectivity index (χ0v) is 35.2. The molecule has 0 aliphatic heterocycles. The first-order valence-electron chi connectivity index (χ1n) is 23.1. The SMILES string of the molecule is CCCCCC/C=C\CCCCCCCC(=O)OCCCCCCCCCCCCCCCCC(=O)NC(CO)C(O)/C=C/CCCCCCCCC. The highest BCUT2D eigenvalue weighted by atomic mass is 16.5. The van der Waals surface area contributed by atoms with Crippen molar-refractivity contribution in [1.82, 2.24) is 5.32 Å². The van der Waals surface area contributed by atoms with Crippen LogP contribution in [0.1, 0.15) is 239 Å². The Bertz CT molecular complexity index is 828. The molecule has 0 spiro atoms. The number of nitrogens with one attached hydrogen (secondary N) is 1. The molecule has 1 amide bonds. The number of amides is 1. The maximum atomic E-state index is 12.3. The third-order valence-electron chi connectivity index (χ3n) is 10.5. The third-order valence-corrected chi connectivity index (χ3v) is 10.5. The van der Waals surface area contributed by atoms with Crippen molar-refractivity contribution in [2.75, 3.05) is 13.2 Å². The predicted octanol–water partition coefficient (Wildman–Crippen LogP) is 13.2. The predicted molar refractivity (Wildman–Crippen MR) is 227 cm³/mol. The van der Waals surface area contributed by atoms with Crippen LogP contribution >= 0.6 is 0 Å². The summed E-state index contributed by atoms with van der Waals surface area (Å²) in [5.74, 6) is -0.0962. The molecule has 0 rings (SSSR count). The van der Waals surface area contributed by atoms with Gasteiger partial charge in [-0.1, -0.05) is 192 Å². The van der Waals surface area contributed by atoms with Crippen LogP contribution in [0.2, 0.25) is 0 Å². The molecule has 0 radical (unpaired) electrons. The number of hydrogen-bond acceptors (Lipinski definition) is 5. The summed E-state index contributed by atoms with van der Waals surface area (Å²) in [6.07, 6.45) is 48.8. The topological polar surface area (TPSA) is 95.9 Å². The molecule has 0 saturated heterocycles. The van der Waals surface area contributed by atoms with Gasteiger partial charge in [0.05, 0.1) is 25.4 Å². The van der Waals surface area contributed by atoms with E-state index in [0.29, 0.717) is 19.4 Å². The summed E-state index contributed by atoms with van der Waals surface area (Å²) in [6.45, 7) is 4.82. The fourth-order valence-electron chi connectivity index (χ4n) is 6.86. The van der Waals surface area contributed by atoms with Crippen LogP contribution in [-0.4, -0.2) is 47.4 Å². The van der Waals surface area contributed by atoms with Crippen LogP contribution in [0, 0.1) is 0 Å². The molecule has 0 bridgehead atoms. The van der Waals surface area contributed by atoms with Gasteiger partial charge in [-0.3, -0.25) is 9.59 Å². The average Bonchev–Trinajstić information content (AvgIpc) is 3.16. The maximum absolute atomic E-state index is 12.3. The number of esters is 1. The van der Waals surface area contributed by atoms with Crippen molar-refractivity contribution in [3.05, 3.63) is 24.3 Å². The van der Waals surface area contributed by atoms with Crippen LogP contribution in [0.3, 0.4) is 0 Å². The molecule has 6 heteroatoms. The molecule has 312 valence electrons. The van der Waals surface area contributed by atoms with Crippen LogP contribution in [0.25, 0.3) is 0 Å². The van der Waals surface area contributed by atoms with Gasteiger partial charge in [0, 0.05) is 12.8 Å². The highest BCUT2D eigenvalue weighted by Crippen LogP contribution is 2.15. The average molecular weight is 748 g/mol. The lowest BCUT2D eigenvalue weighted by molar-refractivity contribution is -0.143. The monoisotopic (exact) mass is 748 g/mol. The van der Waals surface area contributed by atoms with Crippen LogP contribution in [0.4, 0.5) is 0 Å². The molecule has 53 heavy (non-hydrogen) atoms. The molecule has 3 N–H and O–H groups in total. The van der Waals surface area contributed by atoms with E-state index in [4.69, 9.17) is 4.74 Å². The molecular weight excluding hydrogens is 659 g/mol. The van der Waals surface area contributed by atoms with Crippen molar-refractivity contribution in [2.24, 2.45) is 0 Å². The summed E-state index contributed by atoms with van der Waals surface area (Å²) in [4.78, 5) is 24.3. The zero-order valence-electron chi connectivity index (χ0n) is 35.2. The molecule has 0 aromatic rings. The molecule has 0 heterocycles. The van der Waals surface area contributed by atoms with E-state index >= 15 is 0 Å². The van der Waals surface area contributed by atoms with Crippen LogP contribution < -0.4 is 5.32 Å². The largest absolute Gasteiger partial charge is 0.466 e. The summed E-state index contributed by atoms with van der Waals surface area (Å²) >= 11 is 0. The lowest BCUT2D eigenvalue weighted by Crippen LogP contribution is -2.45. The first-order chi connectivity index (χ1) is 26.0. The van der Waals surface area contributed by atoms with Gasteiger partial charge in [0.15, 0.2) is 0 Å². The molecule has 0 fully saturated rings. The van der Waals surface area contributed by atoms with E-state index in [0.717, 1.165) is 57.8 Å². The van der Waals surface area contributed by atoms with E-state index in [1.165, 1.54) is 154 Å². The van der Waals surface area contributed by atoms with Crippen molar-refractivity contribution in [3.63, 3.8) is 0 Å². The number of allylic oxidation sites excluding steroid dienone is 3. The summed E-state index contributed by atoms with van der Waals surface area (Å²) in [5.41, 5.74) is 0. The highest BCUT2D eigenvalue weighted by Gasteiger charge is 2.18. The smallest absolute Gasteiger partial charge is 0.305 e. The summed E-state index contributed by atoms with van der Waals surface area (Å²) < 4.78 is 5.44. The van der Waals surface area contributed by atoms with Crippen molar-refractivity contribution in [3.8, 4) is 0 Å². The van der Waals surface area contributed by atoms with Gasteiger partial charge in [0.2, 0.25) is 5.91 Å². The van der Waals surface area contributed by atoms with Crippen molar-refractivity contribution in [2.45, 2.75) is 251 Å². The van der Waals surface area contributed by atoms with Gasteiger partial charge in [0.25, 0.3) is 0 Å². The number of aliphatic hydroxyl groups excluding tert-OH is 2. The Kier molecular flexibility index (Phi) is 41.7. The number of unbranched alkanes of at least 4 members (excludes halogenated alkanes) is 29. The van der Waals surface area contributed by atoms with E-state index < -0.39 is 12.1 Å². The minimum atomic E-state index is -0.848. The van der Waals surface area contributed by atoms with E-state index in [1.54, 1.807) is 6.08 Å². The molecule has 2 unspecified atom stereocenters. The molecule has 0 aromatic heterocycles. The Morgan fingerprint density at radius 2 is 0.887 bits per heavy atom. The second-order valence-corrected chi connectivity index (χ2v) is 15.7. The number of rotatable bonds is 42. The lowest BCUT2D eigenvalue weighted by atomic mass is 10.0. The fraction of sp³-hybridized carbons (Fsp3) is 0.872. The van der Waals surface area contributed by atoms with Gasteiger partial charge in [-0.05, 0) is 57.8 Å². The molecular formula is C47H89NO5. The number of carbonyl (C=O) groups excluding carboxylic acids is 2. The molecule has 6 nitrogen and oxygen atoms in total. The first kappa shape index (κ1) is 51.3. The Morgan fingerprint density at radius 3 is 1.36 bits per heavy atom. The van der Waals surface area contributed by atoms with Crippen LogP contribution in [0.5, 0.6) is 0 Å². The Morgan fingerprint density at radius 1 is 0.509 bits per heavy atom. The van der Waals surface area contributed by atoms with E-state index in [-0.39, 0.29) is 18.5 Å². The van der Waals surface area contributed by atoms with Crippen molar-refractivity contribution >= 4 is 11.9 Å². The zero-order chi connectivity index (χ0) is 38.7. The van der Waals surface area contributed by atoms with E-state index in [2.05, 4.69) is 31.3 Å². The maximum Gasteiger partial charge on any atom is 0.305 e. The normalized spacial score (nSPS) is 12.9. The Balaban J connectivity index is 3.45. The summed E-state index contributed by atoms with van der Waals surface area (Å²) in [7, 11) is 0. The molecule has 0 aliphatic rings. The van der Waals surface area contributed by atoms with Crippen LogP contribution in [-0.2, 0) is 14.3 Å². The highest BCUT2D eigenvalue weighted by molar-refractivity contribution is 5.76. The number of aliphatic hydroxyl groups is 2. The first-order valence-corrected chi connectivity index (χ1v) is 23.1. The molecule has 0 aliphatic carbocycles. The molecule has 2 atom stereocenters. The third kappa shape index (κ3) is 39.8. The van der Waals surface area contributed by atoms with Crippen molar-refractivity contribution < 1.29 is 24.5 Å². The number of carbonyl (C=O) groups is 2. The van der Waals surface area contributed by atoms with E-state index in [9.17, 15) is 19.8 Å². The summed E-state index contributed by atoms with van der Waals surface area (Å²) in [5, 5.41) is 22.9. The van der Waals surface area contributed by atoms with Crippen LogP contribution in [0.15, 0.2) is 24.3 Å².